The van der Waals surface area contributed by atoms with Crippen LogP contribution in [0, 0.1) is 34.6 Å². The number of ether oxygens (including phenoxy) is 1. The number of para-hydroxylation sites is 1. The minimum Gasteiger partial charge on any atom is -0.457 e. The van der Waals surface area contributed by atoms with Gasteiger partial charge in [-0.05, 0) is 24.3 Å². The van der Waals surface area contributed by atoms with E-state index in [9.17, 15) is 17.6 Å². The minimum absolute atomic E-state index is 0.178. The monoisotopic (exact) mass is 410 g/mol. The SMILES string of the molecule is N#Cc1c(F)c(F)c(-n2cc(-c3cccc(Oc4ccccc4)c3)nn2)c(F)c1F. The molecule has 0 aliphatic rings. The van der Waals surface area contributed by atoms with Gasteiger partial charge in [0.15, 0.2) is 23.3 Å². The van der Waals surface area contributed by atoms with E-state index in [0.29, 0.717) is 21.7 Å². The maximum atomic E-state index is 14.3. The normalized spacial score (nSPS) is 10.6. The minimum atomic E-state index is -1.80. The van der Waals surface area contributed by atoms with E-state index in [1.807, 2.05) is 18.2 Å². The van der Waals surface area contributed by atoms with E-state index in [4.69, 9.17) is 10.00 Å². The van der Waals surface area contributed by atoms with Crippen LogP contribution in [0.1, 0.15) is 5.56 Å². The molecular formula is C21H10F4N4O. The number of aromatic nitrogens is 3. The molecule has 3 aromatic carbocycles. The van der Waals surface area contributed by atoms with Gasteiger partial charge in [-0.3, -0.25) is 0 Å². The van der Waals surface area contributed by atoms with E-state index >= 15 is 0 Å². The molecule has 0 aliphatic heterocycles. The molecule has 0 aliphatic carbocycles. The molecule has 148 valence electrons. The van der Waals surface area contributed by atoms with Crippen LogP contribution >= 0.6 is 0 Å². The third-order valence-corrected chi connectivity index (χ3v) is 4.18. The van der Waals surface area contributed by atoms with Crippen molar-refractivity contribution in [3.8, 4) is 34.5 Å². The molecule has 1 aromatic heterocycles. The maximum absolute atomic E-state index is 14.3. The predicted molar refractivity (Wildman–Crippen MR) is 97.9 cm³/mol. The molecular weight excluding hydrogens is 400 g/mol. The molecule has 0 saturated heterocycles. The second-order valence-corrected chi connectivity index (χ2v) is 6.08. The highest BCUT2D eigenvalue weighted by Crippen LogP contribution is 2.29. The summed E-state index contributed by atoms with van der Waals surface area (Å²) in [6.45, 7) is 0. The van der Waals surface area contributed by atoms with Gasteiger partial charge >= 0.3 is 0 Å². The largest absolute Gasteiger partial charge is 0.457 e. The summed E-state index contributed by atoms with van der Waals surface area (Å²) in [5.41, 5.74) is -1.79. The Balaban J connectivity index is 1.71. The zero-order valence-corrected chi connectivity index (χ0v) is 15.0. The number of hydrogen-bond donors (Lipinski definition) is 0. The summed E-state index contributed by atoms with van der Waals surface area (Å²) in [7, 11) is 0. The summed E-state index contributed by atoms with van der Waals surface area (Å²) in [6.07, 6.45) is 1.11. The highest BCUT2D eigenvalue weighted by atomic mass is 19.2. The lowest BCUT2D eigenvalue weighted by atomic mass is 10.1. The third kappa shape index (κ3) is 3.35. The second kappa shape index (κ2) is 7.67. The first-order chi connectivity index (χ1) is 14.5. The first-order valence-corrected chi connectivity index (χ1v) is 8.51. The van der Waals surface area contributed by atoms with Crippen molar-refractivity contribution in [3.63, 3.8) is 0 Å². The lowest BCUT2D eigenvalue weighted by molar-refractivity contribution is 0.439. The Morgan fingerprint density at radius 3 is 2.17 bits per heavy atom. The molecule has 0 amide bonds. The summed E-state index contributed by atoms with van der Waals surface area (Å²) in [4.78, 5) is 0. The average molecular weight is 410 g/mol. The molecule has 0 saturated carbocycles. The van der Waals surface area contributed by atoms with Gasteiger partial charge in [-0.25, -0.2) is 22.2 Å². The van der Waals surface area contributed by atoms with E-state index in [-0.39, 0.29) is 5.69 Å². The Labute approximate surface area is 167 Å². The molecule has 4 aromatic rings. The van der Waals surface area contributed by atoms with Gasteiger partial charge in [-0.1, -0.05) is 35.5 Å². The van der Waals surface area contributed by atoms with E-state index in [2.05, 4.69) is 10.3 Å². The fourth-order valence-electron chi connectivity index (χ4n) is 2.77. The molecule has 0 atom stereocenters. The summed E-state index contributed by atoms with van der Waals surface area (Å²) in [5.74, 6) is -6.03. The third-order valence-electron chi connectivity index (χ3n) is 4.18. The fraction of sp³-hybridized carbons (Fsp3) is 0. The molecule has 9 heteroatoms. The van der Waals surface area contributed by atoms with Crippen molar-refractivity contribution in [1.29, 1.82) is 5.26 Å². The lowest BCUT2D eigenvalue weighted by Gasteiger charge is -2.07. The van der Waals surface area contributed by atoms with Crippen molar-refractivity contribution in [3.05, 3.63) is 89.6 Å². The van der Waals surface area contributed by atoms with Crippen LogP contribution in [0.2, 0.25) is 0 Å². The Kier molecular flexibility index (Phi) is 4.90. The highest BCUT2D eigenvalue weighted by Gasteiger charge is 2.27. The number of halogens is 4. The van der Waals surface area contributed by atoms with Crippen molar-refractivity contribution >= 4 is 0 Å². The predicted octanol–water partition coefficient (Wildman–Crippen LogP) is 5.15. The molecule has 0 unspecified atom stereocenters. The van der Waals surface area contributed by atoms with Gasteiger partial charge in [0.05, 0.1) is 6.20 Å². The zero-order chi connectivity index (χ0) is 21.3. The quantitative estimate of drug-likeness (QED) is 0.345. The van der Waals surface area contributed by atoms with Gasteiger partial charge in [-0.15, -0.1) is 5.10 Å². The molecule has 1 heterocycles. The number of nitrogens with zero attached hydrogens (tertiary/aromatic N) is 4. The molecule has 0 fully saturated rings. The van der Waals surface area contributed by atoms with Crippen molar-refractivity contribution in [2.45, 2.75) is 0 Å². The molecule has 4 rings (SSSR count). The zero-order valence-electron chi connectivity index (χ0n) is 15.0. The fourth-order valence-corrected chi connectivity index (χ4v) is 2.77. The van der Waals surface area contributed by atoms with E-state index in [0.717, 1.165) is 12.3 Å². The Morgan fingerprint density at radius 2 is 1.50 bits per heavy atom. The van der Waals surface area contributed by atoms with Crippen LogP contribution in [0.4, 0.5) is 17.6 Å². The molecule has 0 radical (unpaired) electrons. The van der Waals surface area contributed by atoms with Gasteiger partial charge < -0.3 is 4.74 Å². The summed E-state index contributed by atoms with van der Waals surface area (Å²) in [5, 5.41) is 16.1. The summed E-state index contributed by atoms with van der Waals surface area (Å²) < 4.78 is 62.6. The van der Waals surface area contributed by atoms with Crippen LogP contribution in [0.3, 0.4) is 0 Å². The van der Waals surface area contributed by atoms with Gasteiger partial charge in [-0.2, -0.15) is 5.26 Å². The van der Waals surface area contributed by atoms with E-state index in [1.165, 1.54) is 0 Å². The van der Waals surface area contributed by atoms with Crippen molar-refractivity contribution in [2.75, 3.05) is 0 Å². The Morgan fingerprint density at radius 1 is 0.833 bits per heavy atom. The number of nitriles is 1. The lowest BCUT2D eigenvalue weighted by Crippen LogP contribution is -2.10. The van der Waals surface area contributed by atoms with Crippen molar-refractivity contribution in [1.82, 2.24) is 15.0 Å². The number of hydrogen-bond acceptors (Lipinski definition) is 4. The van der Waals surface area contributed by atoms with E-state index in [1.54, 1.807) is 36.4 Å². The average Bonchev–Trinajstić information content (AvgIpc) is 3.24. The van der Waals surface area contributed by atoms with Gasteiger partial charge in [0.25, 0.3) is 0 Å². The Hall–Kier alpha value is -4.19. The Bertz CT molecular complexity index is 1250. The molecule has 5 nitrogen and oxygen atoms in total. The second-order valence-electron chi connectivity index (χ2n) is 6.08. The van der Waals surface area contributed by atoms with Crippen LogP contribution < -0.4 is 4.74 Å². The van der Waals surface area contributed by atoms with Crippen LogP contribution in [-0.2, 0) is 0 Å². The van der Waals surface area contributed by atoms with E-state index < -0.39 is 34.5 Å². The summed E-state index contributed by atoms with van der Waals surface area (Å²) in [6, 6.07) is 16.7. The topological polar surface area (TPSA) is 63.7 Å². The number of benzene rings is 3. The molecule has 0 N–H and O–H groups in total. The van der Waals surface area contributed by atoms with Crippen molar-refractivity contribution < 1.29 is 22.3 Å². The van der Waals surface area contributed by atoms with Crippen LogP contribution in [-0.4, -0.2) is 15.0 Å². The highest BCUT2D eigenvalue weighted by molar-refractivity contribution is 5.61. The standard InChI is InChI=1S/C21H10F4N4O/c22-17-15(10-26)18(23)20(25)21(19(17)24)29-11-16(27-28-29)12-5-4-8-14(9-12)30-13-6-2-1-3-7-13/h1-9,11H. The molecule has 30 heavy (non-hydrogen) atoms. The van der Waals surface area contributed by atoms with Gasteiger partial charge in [0, 0.05) is 5.56 Å². The van der Waals surface area contributed by atoms with Gasteiger partial charge in [0.2, 0.25) is 0 Å². The summed E-state index contributed by atoms with van der Waals surface area (Å²) >= 11 is 0. The number of rotatable bonds is 4. The first kappa shape index (κ1) is 19.1. The molecule has 0 bridgehead atoms. The first-order valence-electron chi connectivity index (χ1n) is 8.51. The van der Waals surface area contributed by atoms with Crippen LogP contribution in [0.15, 0.2) is 60.8 Å². The van der Waals surface area contributed by atoms with Crippen LogP contribution in [0.25, 0.3) is 16.9 Å². The smallest absolute Gasteiger partial charge is 0.189 e. The van der Waals surface area contributed by atoms with Crippen LogP contribution in [0.5, 0.6) is 11.5 Å². The maximum Gasteiger partial charge on any atom is 0.189 e. The van der Waals surface area contributed by atoms with Gasteiger partial charge in [0.1, 0.15) is 34.5 Å². The molecule has 0 spiro atoms. The van der Waals surface area contributed by atoms with Crippen molar-refractivity contribution in [2.24, 2.45) is 0 Å².